The highest BCUT2D eigenvalue weighted by atomic mass is 16.2. The average molecular weight is 464 g/mol. The summed E-state index contributed by atoms with van der Waals surface area (Å²) in [6.45, 7) is 1.38. The van der Waals surface area contributed by atoms with E-state index < -0.39 is 5.91 Å². The first-order valence-electron chi connectivity index (χ1n) is 12.3. The highest BCUT2D eigenvalue weighted by Gasteiger charge is 2.31. The lowest BCUT2D eigenvalue weighted by Crippen LogP contribution is -2.43. The SMILES string of the molecule is NC(=O)c1cnc(NC2CCCCC2N)nc1Nc1ccc2c(c1)CN(C(=O)C1CCC1)CC2. The number of hydrogen-bond acceptors (Lipinski definition) is 7. The van der Waals surface area contributed by atoms with Gasteiger partial charge in [0.2, 0.25) is 11.9 Å². The molecular weight excluding hydrogens is 430 g/mol. The Morgan fingerprint density at radius 1 is 1.06 bits per heavy atom. The van der Waals surface area contributed by atoms with Crippen LogP contribution in [-0.2, 0) is 17.8 Å². The minimum atomic E-state index is -0.598. The van der Waals surface area contributed by atoms with Gasteiger partial charge in [0.25, 0.3) is 5.91 Å². The molecule has 9 heteroatoms. The highest BCUT2D eigenvalue weighted by molar-refractivity contribution is 5.98. The second kappa shape index (κ2) is 9.58. The van der Waals surface area contributed by atoms with Crippen LogP contribution in [0.3, 0.4) is 0 Å². The fourth-order valence-electron chi connectivity index (χ4n) is 5.10. The van der Waals surface area contributed by atoms with E-state index in [0.717, 1.165) is 69.2 Å². The molecule has 5 rings (SSSR count). The number of anilines is 3. The van der Waals surface area contributed by atoms with Gasteiger partial charge >= 0.3 is 0 Å². The van der Waals surface area contributed by atoms with Crippen LogP contribution in [0.1, 0.15) is 66.4 Å². The molecule has 2 fully saturated rings. The van der Waals surface area contributed by atoms with E-state index in [1.807, 2.05) is 17.0 Å². The van der Waals surface area contributed by atoms with Gasteiger partial charge < -0.3 is 27.0 Å². The fourth-order valence-corrected chi connectivity index (χ4v) is 5.10. The minimum absolute atomic E-state index is 0.0517. The Morgan fingerprint density at radius 2 is 1.88 bits per heavy atom. The molecule has 2 aliphatic carbocycles. The first kappa shape index (κ1) is 22.6. The van der Waals surface area contributed by atoms with E-state index in [1.165, 1.54) is 11.8 Å². The third-order valence-electron chi connectivity index (χ3n) is 7.44. The van der Waals surface area contributed by atoms with Crippen LogP contribution in [0.4, 0.5) is 17.5 Å². The minimum Gasteiger partial charge on any atom is -0.365 e. The molecule has 2 heterocycles. The zero-order valence-corrected chi connectivity index (χ0v) is 19.4. The summed E-state index contributed by atoms with van der Waals surface area (Å²) < 4.78 is 0. The number of aromatic nitrogens is 2. The predicted molar refractivity (Wildman–Crippen MR) is 131 cm³/mol. The predicted octanol–water partition coefficient (Wildman–Crippen LogP) is 2.69. The molecule has 3 aliphatic rings. The van der Waals surface area contributed by atoms with Gasteiger partial charge in [-0.15, -0.1) is 0 Å². The van der Waals surface area contributed by atoms with Crippen molar-refractivity contribution in [3.05, 3.63) is 41.1 Å². The van der Waals surface area contributed by atoms with Crippen LogP contribution in [0.15, 0.2) is 24.4 Å². The molecule has 2 aromatic rings. The summed E-state index contributed by atoms with van der Waals surface area (Å²) in [6, 6.07) is 6.24. The van der Waals surface area contributed by atoms with Gasteiger partial charge in [-0.3, -0.25) is 9.59 Å². The van der Waals surface area contributed by atoms with Crippen LogP contribution in [0.25, 0.3) is 0 Å². The van der Waals surface area contributed by atoms with Crippen LogP contribution in [0.2, 0.25) is 0 Å². The quantitative estimate of drug-likeness (QED) is 0.516. The van der Waals surface area contributed by atoms with Gasteiger partial charge in [0, 0.05) is 43.0 Å². The lowest BCUT2D eigenvalue weighted by molar-refractivity contribution is -0.139. The van der Waals surface area contributed by atoms with Crippen LogP contribution < -0.4 is 22.1 Å². The number of carbonyl (C=O) groups is 2. The lowest BCUT2D eigenvalue weighted by Gasteiger charge is -2.35. The molecule has 2 amide bonds. The van der Waals surface area contributed by atoms with Gasteiger partial charge in [-0.25, -0.2) is 4.98 Å². The second-order valence-corrected chi connectivity index (χ2v) is 9.77. The number of rotatable bonds is 6. The van der Waals surface area contributed by atoms with Crippen molar-refractivity contribution in [1.82, 2.24) is 14.9 Å². The molecule has 0 bridgehead atoms. The molecule has 180 valence electrons. The first-order chi connectivity index (χ1) is 16.5. The van der Waals surface area contributed by atoms with Crippen molar-refractivity contribution in [2.45, 2.75) is 70.0 Å². The van der Waals surface area contributed by atoms with E-state index in [0.29, 0.717) is 18.3 Å². The fraction of sp³-hybridized carbons (Fsp3) is 0.520. The maximum atomic E-state index is 12.7. The van der Waals surface area contributed by atoms with Gasteiger partial charge in [-0.1, -0.05) is 25.3 Å². The largest absolute Gasteiger partial charge is 0.365 e. The highest BCUT2D eigenvalue weighted by Crippen LogP contribution is 2.31. The summed E-state index contributed by atoms with van der Waals surface area (Å²) in [7, 11) is 0. The standard InChI is InChI=1S/C25H33N7O2/c26-20-6-1-2-7-21(20)30-25-28-13-19(22(27)33)23(31-25)29-18-9-8-15-10-11-32(14-17(15)12-18)24(34)16-4-3-5-16/h8-9,12-13,16,20-21H,1-7,10-11,14,26H2,(H2,27,33)(H2,28,29,30,31). The second-order valence-electron chi connectivity index (χ2n) is 9.77. The third kappa shape index (κ3) is 4.70. The molecule has 0 radical (unpaired) electrons. The van der Waals surface area contributed by atoms with Crippen molar-refractivity contribution in [3.63, 3.8) is 0 Å². The molecule has 9 nitrogen and oxygen atoms in total. The van der Waals surface area contributed by atoms with Crippen molar-refractivity contribution in [1.29, 1.82) is 0 Å². The summed E-state index contributed by atoms with van der Waals surface area (Å²) >= 11 is 0. The molecule has 34 heavy (non-hydrogen) atoms. The maximum Gasteiger partial charge on any atom is 0.254 e. The van der Waals surface area contributed by atoms with Crippen LogP contribution in [-0.4, -0.2) is 45.3 Å². The van der Waals surface area contributed by atoms with Crippen molar-refractivity contribution in [2.24, 2.45) is 17.4 Å². The molecule has 0 saturated heterocycles. The van der Waals surface area contributed by atoms with E-state index in [4.69, 9.17) is 11.5 Å². The molecule has 6 N–H and O–H groups in total. The Morgan fingerprint density at radius 3 is 2.62 bits per heavy atom. The summed E-state index contributed by atoms with van der Waals surface area (Å²) in [4.78, 5) is 35.6. The summed E-state index contributed by atoms with van der Waals surface area (Å²) in [5, 5.41) is 6.58. The van der Waals surface area contributed by atoms with Crippen LogP contribution in [0, 0.1) is 5.92 Å². The Bertz CT molecular complexity index is 1080. The number of nitrogens with one attached hydrogen (secondary N) is 2. The molecule has 2 saturated carbocycles. The van der Waals surface area contributed by atoms with Crippen molar-refractivity contribution in [2.75, 3.05) is 17.2 Å². The number of carbonyl (C=O) groups excluding carboxylic acids is 2. The third-order valence-corrected chi connectivity index (χ3v) is 7.44. The first-order valence-corrected chi connectivity index (χ1v) is 12.3. The molecule has 0 spiro atoms. The number of primary amides is 1. The molecule has 2 atom stereocenters. The smallest absolute Gasteiger partial charge is 0.254 e. The molecular formula is C25H33N7O2. The van der Waals surface area contributed by atoms with Gasteiger partial charge in [-0.05, 0) is 55.4 Å². The van der Waals surface area contributed by atoms with Crippen molar-refractivity contribution in [3.8, 4) is 0 Å². The van der Waals surface area contributed by atoms with Gasteiger partial charge in [0.1, 0.15) is 11.4 Å². The zero-order valence-electron chi connectivity index (χ0n) is 19.4. The number of amides is 2. The summed E-state index contributed by atoms with van der Waals surface area (Å²) in [5.74, 6) is 0.653. The number of fused-ring (bicyclic) bond motifs is 1. The van der Waals surface area contributed by atoms with Crippen molar-refractivity contribution >= 4 is 29.3 Å². The Balaban J connectivity index is 1.35. The average Bonchev–Trinajstić information content (AvgIpc) is 2.79. The van der Waals surface area contributed by atoms with E-state index in [1.54, 1.807) is 0 Å². The van der Waals surface area contributed by atoms with E-state index in [-0.39, 0.29) is 29.5 Å². The molecule has 2 unspecified atom stereocenters. The lowest BCUT2D eigenvalue weighted by atomic mass is 9.83. The Kier molecular flexibility index (Phi) is 6.36. The maximum absolute atomic E-state index is 12.7. The number of benzene rings is 1. The molecule has 1 aliphatic heterocycles. The Hall–Kier alpha value is -3.20. The van der Waals surface area contributed by atoms with E-state index in [9.17, 15) is 9.59 Å². The monoisotopic (exact) mass is 463 g/mol. The van der Waals surface area contributed by atoms with E-state index >= 15 is 0 Å². The molecule has 1 aromatic heterocycles. The van der Waals surface area contributed by atoms with Gasteiger partial charge in [0.15, 0.2) is 0 Å². The van der Waals surface area contributed by atoms with Crippen LogP contribution in [0.5, 0.6) is 0 Å². The topological polar surface area (TPSA) is 139 Å². The summed E-state index contributed by atoms with van der Waals surface area (Å²) in [5.41, 5.74) is 15.2. The Labute approximate surface area is 199 Å². The summed E-state index contributed by atoms with van der Waals surface area (Å²) in [6.07, 6.45) is 9.66. The number of hydrogen-bond donors (Lipinski definition) is 4. The van der Waals surface area contributed by atoms with Crippen molar-refractivity contribution < 1.29 is 9.59 Å². The zero-order chi connectivity index (χ0) is 23.7. The number of nitrogens with two attached hydrogens (primary N) is 2. The normalized spacial score (nSPS) is 22.4. The van der Waals surface area contributed by atoms with Gasteiger partial charge in [-0.2, -0.15) is 4.98 Å². The van der Waals surface area contributed by atoms with Crippen LogP contribution >= 0.6 is 0 Å². The van der Waals surface area contributed by atoms with Gasteiger partial charge in [0.05, 0.1) is 0 Å². The number of nitrogens with zero attached hydrogens (tertiary/aromatic N) is 3. The molecule has 1 aromatic carbocycles. The van der Waals surface area contributed by atoms with E-state index in [2.05, 4.69) is 26.7 Å².